The van der Waals surface area contributed by atoms with Crippen LogP contribution >= 0.6 is 27.3 Å². The second-order valence-corrected chi connectivity index (χ2v) is 5.98. The Morgan fingerprint density at radius 3 is 2.83 bits per heavy atom. The first-order valence-electron chi connectivity index (χ1n) is 5.61. The molecule has 0 aliphatic rings. The van der Waals surface area contributed by atoms with E-state index in [0.717, 1.165) is 20.8 Å². The van der Waals surface area contributed by atoms with E-state index >= 15 is 0 Å². The number of thiazole rings is 1. The molecule has 90 valence electrons. The third kappa shape index (κ3) is 2.26. The van der Waals surface area contributed by atoms with Crippen LogP contribution < -0.4 is 5.32 Å². The van der Waals surface area contributed by atoms with E-state index in [0.29, 0.717) is 0 Å². The van der Waals surface area contributed by atoms with Crippen LogP contribution in [0.3, 0.4) is 0 Å². The Balaban J connectivity index is 1.98. The maximum atomic E-state index is 4.57. The highest BCUT2D eigenvalue weighted by Crippen LogP contribution is 2.31. The summed E-state index contributed by atoms with van der Waals surface area (Å²) in [5.41, 5.74) is 3.31. The molecule has 4 heteroatoms. The molecule has 3 aromatic rings. The normalized spacial score (nSPS) is 10.8. The van der Waals surface area contributed by atoms with Crippen molar-refractivity contribution in [1.29, 1.82) is 0 Å². The van der Waals surface area contributed by atoms with Crippen LogP contribution in [0, 0.1) is 6.92 Å². The maximum Gasteiger partial charge on any atom is 0.188 e. The number of fused-ring (bicyclic) bond motifs is 1. The molecule has 1 heterocycles. The zero-order chi connectivity index (χ0) is 12.5. The molecule has 0 amide bonds. The van der Waals surface area contributed by atoms with Crippen molar-refractivity contribution in [1.82, 2.24) is 4.98 Å². The maximum absolute atomic E-state index is 4.57. The van der Waals surface area contributed by atoms with Crippen molar-refractivity contribution in [2.45, 2.75) is 6.92 Å². The van der Waals surface area contributed by atoms with Gasteiger partial charge in [0.05, 0.1) is 15.9 Å². The van der Waals surface area contributed by atoms with Gasteiger partial charge in [0.1, 0.15) is 0 Å². The average molecular weight is 319 g/mol. The molecular formula is C14H11BrN2S. The van der Waals surface area contributed by atoms with E-state index in [1.54, 1.807) is 11.3 Å². The quantitative estimate of drug-likeness (QED) is 0.710. The van der Waals surface area contributed by atoms with Crippen molar-refractivity contribution in [2.75, 3.05) is 5.32 Å². The first-order chi connectivity index (χ1) is 8.72. The fraction of sp³-hybridized carbons (Fsp3) is 0.0714. The van der Waals surface area contributed by atoms with Gasteiger partial charge in [-0.05, 0) is 52.7 Å². The van der Waals surface area contributed by atoms with Crippen LogP contribution in [-0.4, -0.2) is 4.98 Å². The number of anilines is 2. The number of rotatable bonds is 2. The SMILES string of the molecule is Cc1ccc(Br)c(Nc2nc3ccccc3s2)c1. The second kappa shape index (κ2) is 4.71. The van der Waals surface area contributed by atoms with Gasteiger partial charge in [-0.2, -0.15) is 0 Å². The van der Waals surface area contributed by atoms with E-state index in [9.17, 15) is 0 Å². The summed E-state index contributed by atoms with van der Waals surface area (Å²) in [4.78, 5) is 4.57. The summed E-state index contributed by atoms with van der Waals surface area (Å²) in [6.07, 6.45) is 0. The number of aromatic nitrogens is 1. The number of hydrogen-bond acceptors (Lipinski definition) is 3. The van der Waals surface area contributed by atoms with Gasteiger partial charge in [-0.3, -0.25) is 0 Å². The molecule has 18 heavy (non-hydrogen) atoms. The van der Waals surface area contributed by atoms with E-state index in [1.165, 1.54) is 10.3 Å². The molecular weight excluding hydrogens is 308 g/mol. The van der Waals surface area contributed by atoms with Crippen LogP contribution in [0.5, 0.6) is 0 Å². The standard InChI is InChI=1S/C14H11BrN2S/c1-9-6-7-10(15)12(8-9)17-14-16-11-4-2-3-5-13(11)18-14/h2-8H,1H3,(H,16,17). The van der Waals surface area contributed by atoms with Crippen LogP contribution in [0.1, 0.15) is 5.56 Å². The molecule has 0 saturated heterocycles. The molecule has 0 fully saturated rings. The van der Waals surface area contributed by atoms with Gasteiger partial charge in [0, 0.05) is 4.47 Å². The van der Waals surface area contributed by atoms with Crippen molar-refractivity contribution < 1.29 is 0 Å². The molecule has 0 radical (unpaired) electrons. The van der Waals surface area contributed by atoms with Crippen LogP contribution in [0.4, 0.5) is 10.8 Å². The molecule has 2 nitrogen and oxygen atoms in total. The number of nitrogens with zero attached hydrogens (tertiary/aromatic N) is 1. The van der Waals surface area contributed by atoms with E-state index in [4.69, 9.17) is 0 Å². The van der Waals surface area contributed by atoms with Gasteiger partial charge in [0.15, 0.2) is 5.13 Å². The van der Waals surface area contributed by atoms with Crippen molar-refractivity contribution >= 4 is 48.3 Å². The first-order valence-corrected chi connectivity index (χ1v) is 7.22. The van der Waals surface area contributed by atoms with Crippen LogP contribution in [0.15, 0.2) is 46.9 Å². The summed E-state index contributed by atoms with van der Waals surface area (Å²) < 4.78 is 2.25. The zero-order valence-corrected chi connectivity index (χ0v) is 12.2. The molecule has 0 unspecified atom stereocenters. The lowest BCUT2D eigenvalue weighted by atomic mass is 10.2. The number of halogens is 1. The van der Waals surface area contributed by atoms with Crippen LogP contribution in [-0.2, 0) is 0 Å². The van der Waals surface area contributed by atoms with Crippen molar-refractivity contribution in [3.63, 3.8) is 0 Å². The lowest BCUT2D eigenvalue weighted by molar-refractivity contribution is 1.40. The predicted octanol–water partition coefficient (Wildman–Crippen LogP) is 5.11. The number of nitrogens with one attached hydrogen (secondary N) is 1. The fourth-order valence-corrected chi connectivity index (χ4v) is 3.00. The Hall–Kier alpha value is -1.39. The van der Waals surface area contributed by atoms with Crippen LogP contribution in [0.2, 0.25) is 0 Å². The summed E-state index contributed by atoms with van der Waals surface area (Å²) >= 11 is 5.21. The van der Waals surface area contributed by atoms with E-state index in [1.807, 2.05) is 24.3 Å². The number of benzene rings is 2. The van der Waals surface area contributed by atoms with E-state index in [2.05, 4.69) is 51.4 Å². The van der Waals surface area contributed by atoms with Gasteiger partial charge in [-0.1, -0.05) is 29.5 Å². The molecule has 2 aromatic carbocycles. The Labute approximate surface area is 118 Å². The van der Waals surface area contributed by atoms with Crippen LogP contribution in [0.25, 0.3) is 10.2 Å². The molecule has 0 aliphatic carbocycles. The largest absolute Gasteiger partial charge is 0.331 e. The summed E-state index contributed by atoms with van der Waals surface area (Å²) in [7, 11) is 0. The third-order valence-corrected chi connectivity index (χ3v) is 4.30. The summed E-state index contributed by atoms with van der Waals surface area (Å²) in [5.74, 6) is 0. The minimum absolute atomic E-state index is 0.919. The minimum atomic E-state index is 0.919. The highest BCUT2D eigenvalue weighted by Gasteiger charge is 2.05. The van der Waals surface area contributed by atoms with Gasteiger partial charge in [0.25, 0.3) is 0 Å². The number of para-hydroxylation sites is 1. The summed E-state index contributed by atoms with van der Waals surface area (Å²) in [6, 6.07) is 14.4. The molecule has 0 saturated carbocycles. The smallest absolute Gasteiger partial charge is 0.188 e. The minimum Gasteiger partial charge on any atom is -0.331 e. The highest BCUT2D eigenvalue weighted by atomic mass is 79.9. The van der Waals surface area contributed by atoms with Gasteiger partial charge in [-0.15, -0.1) is 0 Å². The molecule has 1 N–H and O–H groups in total. The lowest BCUT2D eigenvalue weighted by Crippen LogP contribution is -1.90. The van der Waals surface area contributed by atoms with Crippen molar-refractivity contribution in [2.24, 2.45) is 0 Å². The summed E-state index contributed by atoms with van der Waals surface area (Å²) in [6.45, 7) is 2.08. The number of aryl methyl sites for hydroxylation is 1. The molecule has 0 atom stereocenters. The lowest BCUT2D eigenvalue weighted by Gasteiger charge is -2.06. The van der Waals surface area contributed by atoms with Crippen molar-refractivity contribution in [3.8, 4) is 0 Å². The molecule has 1 aromatic heterocycles. The second-order valence-electron chi connectivity index (χ2n) is 4.10. The Morgan fingerprint density at radius 2 is 2.00 bits per heavy atom. The zero-order valence-electron chi connectivity index (χ0n) is 9.77. The monoisotopic (exact) mass is 318 g/mol. The number of hydrogen-bond donors (Lipinski definition) is 1. The molecule has 0 aliphatic heterocycles. The van der Waals surface area contributed by atoms with Gasteiger partial charge < -0.3 is 5.32 Å². The van der Waals surface area contributed by atoms with Gasteiger partial charge in [-0.25, -0.2) is 4.98 Å². The molecule has 0 bridgehead atoms. The highest BCUT2D eigenvalue weighted by molar-refractivity contribution is 9.10. The topological polar surface area (TPSA) is 24.9 Å². The van der Waals surface area contributed by atoms with E-state index in [-0.39, 0.29) is 0 Å². The van der Waals surface area contributed by atoms with E-state index < -0.39 is 0 Å². The molecule has 3 rings (SSSR count). The molecule has 0 spiro atoms. The Morgan fingerprint density at radius 1 is 1.17 bits per heavy atom. The Bertz CT molecular complexity index is 673. The third-order valence-electron chi connectivity index (χ3n) is 2.66. The van der Waals surface area contributed by atoms with Crippen molar-refractivity contribution in [3.05, 3.63) is 52.5 Å². The first kappa shape index (κ1) is 11.7. The Kier molecular flexibility index (Phi) is 3.06. The fourth-order valence-electron chi connectivity index (χ4n) is 1.78. The van der Waals surface area contributed by atoms with Gasteiger partial charge in [0.2, 0.25) is 0 Å². The average Bonchev–Trinajstić information content (AvgIpc) is 2.76. The predicted molar refractivity (Wildman–Crippen MR) is 81.8 cm³/mol. The summed E-state index contributed by atoms with van der Waals surface area (Å²) in [5, 5.41) is 4.28. The van der Waals surface area contributed by atoms with Gasteiger partial charge >= 0.3 is 0 Å².